The number of rotatable bonds is 4. The summed E-state index contributed by atoms with van der Waals surface area (Å²) in [5, 5.41) is 6.47. The van der Waals surface area contributed by atoms with Crippen LogP contribution in [-0.2, 0) is 4.79 Å². The Balaban J connectivity index is 1.76. The van der Waals surface area contributed by atoms with E-state index in [1.165, 1.54) is 17.3 Å². The van der Waals surface area contributed by atoms with E-state index in [2.05, 4.69) is 47.7 Å². The standard InChI is InChI=1S/C19H21N3O2S/c1-12-5-7-16(13(2)10-12)25-19-15(4-3-9-20-19)18(24)22-14-6-8-17(23)21-11-14/h3-5,7,9-10,14H,6,8,11H2,1-2H3,(H,21,23)(H,22,24). The Morgan fingerprint density at radius 3 is 2.88 bits per heavy atom. The van der Waals surface area contributed by atoms with E-state index in [0.29, 0.717) is 30.0 Å². The Morgan fingerprint density at radius 2 is 2.16 bits per heavy atom. The fourth-order valence-corrected chi connectivity index (χ4v) is 3.73. The van der Waals surface area contributed by atoms with Crippen LogP contribution in [0.15, 0.2) is 46.5 Å². The van der Waals surface area contributed by atoms with Crippen molar-refractivity contribution in [1.29, 1.82) is 0 Å². The van der Waals surface area contributed by atoms with Gasteiger partial charge in [-0.25, -0.2) is 4.98 Å². The van der Waals surface area contributed by atoms with Gasteiger partial charge in [-0.1, -0.05) is 29.5 Å². The molecule has 0 saturated carbocycles. The summed E-state index contributed by atoms with van der Waals surface area (Å²) >= 11 is 1.50. The van der Waals surface area contributed by atoms with Crippen LogP contribution >= 0.6 is 11.8 Å². The van der Waals surface area contributed by atoms with Crippen molar-refractivity contribution < 1.29 is 9.59 Å². The Labute approximate surface area is 151 Å². The highest BCUT2D eigenvalue weighted by molar-refractivity contribution is 7.99. The minimum absolute atomic E-state index is 0.0376. The third-order valence-corrected chi connectivity index (χ3v) is 5.35. The smallest absolute Gasteiger partial charge is 0.254 e. The summed E-state index contributed by atoms with van der Waals surface area (Å²) < 4.78 is 0. The van der Waals surface area contributed by atoms with Crippen molar-refractivity contribution in [3.8, 4) is 0 Å². The largest absolute Gasteiger partial charge is 0.354 e. The summed E-state index contributed by atoms with van der Waals surface area (Å²) in [6.07, 6.45) is 2.81. The average Bonchev–Trinajstić information content (AvgIpc) is 2.60. The van der Waals surface area contributed by atoms with Gasteiger partial charge in [0, 0.05) is 30.1 Å². The molecule has 3 rings (SSSR count). The Kier molecular flexibility index (Phi) is 5.38. The van der Waals surface area contributed by atoms with E-state index in [1.807, 2.05) is 0 Å². The van der Waals surface area contributed by atoms with Crippen molar-refractivity contribution in [2.75, 3.05) is 6.54 Å². The summed E-state index contributed by atoms with van der Waals surface area (Å²) in [5.41, 5.74) is 2.93. The summed E-state index contributed by atoms with van der Waals surface area (Å²) in [7, 11) is 0. The number of carbonyl (C=O) groups is 2. The van der Waals surface area contributed by atoms with Crippen LogP contribution < -0.4 is 10.6 Å². The normalized spacial score (nSPS) is 17.0. The van der Waals surface area contributed by atoms with Gasteiger partial charge in [-0.05, 0) is 44.0 Å². The van der Waals surface area contributed by atoms with Crippen LogP contribution in [0.4, 0.5) is 0 Å². The van der Waals surface area contributed by atoms with Crippen LogP contribution in [0, 0.1) is 13.8 Å². The van der Waals surface area contributed by atoms with E-state index in [4.69, 9.17) is 0 Å². The lowest BCUT2D eigenvalue weighted by Gasteiger charge is -2.23. The van der Waals surface area contributed by atoms with Gasteiger partial charge >= 0.3 is 0 Å². The van der Waals surface area contributed by atoms with E-state index in [0.717, 1.165) is 10.5 Å². The number of hydrogen-bond acceptors (Lipinski definition) is 4. The molecule has 0 aliphatic carbocycles. The Bertz CT molecular complexity index is 797. The lowest BCUT2D eigenvalue weighted by atomic mass is 10.1. The second-order valence-electron chi connectivity index (χ2n) is 6.24. The van der Waals surface area contributed by atoms with E-state index in [-0.39, 0.29) is 17.9 Å². The number of aromatic nitrogens is 1. The monoisotopic (exact) mass is 355 g/mol. The van der Waals surface area contributed by atoms with Gasteiger partial charge in [-0.15, -0.1) is 0 Å². The molecule has 1 aliphatic heterocycles. The maximum absolute atomic E-state index is 12.7. The molecule has 130 valence electrons. The van der Waals surface area contributed by atoms with Crippen LogP contribution in [0.2, 0.25) is 0 Å². The number of nitrogens with one attached hydrogen (secondary N) is 2. The first-order chi connectivity index (χ1) is 12.0. The molecular weight excluding hydrogens is 334 g/mol. The highest BCUT2D eigenvalue weighted by atomic mass is 32.2. The minimum Gasteiger partial charge on any atom is -0.354 e. The second kappa shape index (κ2) is 7.70. The van der Waals surface area contributed by atoms with E-state index >= 15 is 0 Å². The van der Waals surface area contributed by atoms with Gasteiger partial charge in [0.2, 0.25) is 5.91 Å². The lowest BCUT2D eigenvalue weighted by Crippen LogP contribution is -2.47. The van der Waals surface area contributed by atoms with Gasteiger partial charge < -0.3 is 10.6 Å². The van der Waals surface area contributed by atoms with Crippen LogP contribution in [0.1, 0.15) is 34.3 Å². The molecule has 1 fully saturated rings. The molecule has 1 aromatic carbocycles. The molecule has 2 N–H and O–H groups in total. The van der Waals surface area contributed by atoms with E-state index in [1.54, 1.807) is 18.3 Å². The fourth-order valence-electron chi connectivity index (χ4n) is 2.78. The molecule has 0 radical (unpaired) electrons. The predicted octanol–water partition coefficient (Wildman–Crippen LogP) is 2.86. The topological polar surface area (TPSA) is 71.1 Å². The number of benzene rings is 1. The van der Waals surface area contributed by atoms with Gasteiger partial charge in [-0.3, -0.25) is 9.59 Å². The van der Waals surface area contributed by atoms with Crippen LogP contribution in [0.3, 0.4) is 0 Å². The van der Waals surface area contributed by atoms with Gasteiger partial charge in [0.05, 0.1) is 5.56 Å². The highest BCUT2D eigenvalue weighted by Gasteiger charge is 2.22. The van der Waals surface area contributed by atoms with Crippen molar-refractivity contribution in [2.24, 2.45) is 0 Å². The Hall–Kier alpha value is -2.34. The van der Waals surface area contributed by atoms with Gasteiger partial charge in [0.15, 0.2) is 0 Å². The SMILES string of the molecule is Cc1ccc(Sc2ncccc2C(=O)NC2CCC(=O)NC2)c(C)c1. The number of carbonyl (C=O) groups excluding carboxylic acids is 2. The molecule has 25 heavy (non-hydrogen) atoms. The van der Waals surface area contributed by atoms with Gasteiger partial charge in [0.1, 0.15) is 5.03 Å². The van der Waals surface area contributed by atoms with Crippen molar-refractivity contribution in [2.45, 2.75) is 42.7 Å². The molecule has 0 spiro atoms. The predicted molar refractivity (Wildman–Crippen MR) is 97.8 cm³/mol. The maximum atomic E-state index is 12.7. The molecule has 2 heterocycles. The molecule has 5 nitrogen and oxygen atoms in total. The third kappa shape index (κ3) is 4.39. The first kappa shape index (κ1) is 17.5. The molecule has 1 saturated heterocycles. The first-order valence-electron chi connectivity index (χ1n) is 8.30. The highest BCUT2D eigenvalue weighted by Crippen LogP contribution is 2.31. The van der Waals surface area contributed by atoms with E-state index in [9.17, 15) is 9.59 Å². The number of amides is 2. The average molecular weight is 355 g/mol. The third-order valence-electron chi connectivity index (χ3n) is 4.15. The molecule has 1 aromatic heterocycles. The first-order valence-corrected chi connectivity index (χ1v) is 9.12. The van der Waals surface area contributed by atoms with Crippen molar-refractivity contribution in [3.63, 3.8) is 0 Å². The van der Waals surface area contributed by atoms with Crippen molar-refractivity contribution >= 4 is 23.6 Å². The van der Waals surface area contributed by atoms with Crippen molar-refractivity contribution in [1.82, 2.24) is 15.6 Å². The van der Waals surface area contributed by atoms with Crippen LogP contribution in [-0.4, -0.2) is 29.4 Å². The maximum Gasteiger partial charge on any atom is 0.254 e. The van der Waals surface area contributed by atoms with E-state index < -0.39 is 0 Å². The number of nitrogens with zero attached hydrogens (tertiary/aromatic N) is 1. The molecule has 1 unspecified atom stereocenters. The molecule has 6 heteroatoms. The zero-order valence-electron chi connectivity index (χ0n) is 14.3. The Morgan fingerprint density at radius 1 is 1.32 bits per heavy atom. The fraction of sp³-hybridized carbons (Fsp3) is 0.316. The molecule has 0 bridgehead atoms. The number of hydrogen-bond donors (Lipinski definition) is 2. The summed E-state index contributed by atoms with van der Waals surface area (Å²) in [4.78, 5) is 29.4. The lowest BCUT2D eigenvalue weighted by molar-refractivity contribution is -0.122. The minimum atomic E-state index is -0.151. The van der Waals surface area contributed by atoms with Gasteiger partial charge in [0.25, 0.3) is 5.91 Å². The summed E-state index contributed by atoms with van der Waals surface area (Å²) in [6, 6.07) is 9.75. The number of aryl methyl sites for hydroxylation is 2. The molecular formula is C19H21N3O2S. The molecule has 2 aromatic rings. The molecule has 1 atom stereocenters. The zero-order valence-corrected chi connectivity index (χ0v) is 15.2. The molecule has 2 amide bonds. The van der Waals surface area contributed by atoms with Crippen LogP contribution in [0.5, 0.6) is 0 Å². The van der Waals surface area contributed by atoms with Crippen molar-refractivity contribution in [3.05, 3.63) is 53.2 Å². The zero-order chi connectivity index (χ0) is 17.8. The molecule has 1 aliphatic rings. The number of pyridine rings is 1. The van der Waals surface area contributed by atoms with Gasteiger partial charge in [-0.2, -0.15) is 0 Å². The quantitative estimate of drug-likeness (QED) is 0.885. The number of piperidine rings is 1. The summed E-state index contributed by atoms with van der Waals surface area (Å²) in [5.74, 6) is -0.112. The van der Waals surface area contributed by atoms with Crippen LogP contribution in [0.25, 0.3) is 0 Å². The second-order valence-corrected chi connectivity index (χ2v) is 7.27. The summed E-state index contributed by atoms with van der Waals surface area (Å²) in [6.45, 7) is 4.59.